The second kappa shape index (κ2) is 4.96. The third-order valence-electron chi connectivity index (χ3n) is 4.29. The minimum Gasteiger partial charge on any atom is -0.481 e. The fraction of sp³-hybridized carbons (Fsp3) is 0.714. The Morgan fingerprint density at radius 1 is 1.58 bits per heavy atom. The molecule has 0 aliphatic carbocycles. The highest BCUT2D eigenvalue weighted by molar-refractivity contribution is 5.74. The molecule has 1 N–H and O–H groups in total. The number of carboxylic acids is 1. The molecule has 5 nitrogen and oxygen atoms in total. The zero-order valence-electron chi connectivity index (χ0n) is 12.2. The molecule has 5 heteroatoms. The van der Waals surface area contributed by atoms with Crippen molar-refractivity contribution in [2.75, 3.05) is 13.1 Å². The Bertz CT molecular complexity index is 483. The molecule has 1 fully saturated rings. The number of piperidine rings is 1. The zero-order chi connectivity index (χ0) is 14.2. The summed E-state index contributed by atoms with van der Waals surface area (Å²) in [6.07, 6.45) is 3.73. The maximum atomic E-state index is 11.4. The summed E-state index contributed by atoms with van der Waals surface area (Å²) in [6, 6.07) is 0.215. The predicted octanol–water partition coefficient (Wildman–Crippen LogP) is 1.98. The summed E-state index contributed by atoms with van der Waals surface area (Å²) < 4.78 is 1.82. The van der Waals surface area contributed by atoms with E-state index in [9.17, 15) is 9.90 Å². The maximum absolute atomic E-state index is 11.4. The van der Waals surface area contributed by atoms with Gasteiger partial charge in [0.1, 0.15) is 0 Å². The van der Waals surface area contributed by atoms with E-state index in [1.54, 1.807) is 0 Å². The maximum Gasteiger partial charge on any atom is 0.310 e. The van der Waals surface area contributed by atoms with Gasteiger partial charge in [-0.2, -0.15) is 5.10 Å². The molecule has 2 unspecified atom stereocenters. The van der Waals surface area contributed by atoms with Crippen LogP contribution in [-0.2, 0) is 11.8 Å². The van der Waals surface area contributed by atoms with Crippen molar-refractivity contribution in [2.45, 2.75) is 39.7 Å². The Morgan fingerprint density at radius 2 is 2.26 bits per heavy atom. The number of carbonyl (C=O) groups is 1. The Balaban J connectivity index is 2.18. The highest BCUT2D eigenvalue weighted by atomic mass is 16.4. The molecule has 2 atom stereocenters. The lowest BCUT2D eigenvalue weighted by Crippen LogP contribution is -2.46. The highest BCUT2D eigenvalue weighted by Crippen LogP contribution is 2.34. The predicted molar refractivity (Wildman–Crippen MR) is 72.9 cm³/mol. The fourth-order valence-corrected chi connectivity index (χ4v) is 3.01. The van der Waals surface area contributed by atoms with Crippen molar-refractivity contribution < 1.29 is 9.90 Å². The van der Waals surface area contributed by atoms with Gasteiger partial charge in [-0.3, -0.25) is 14.4 Å². The van der Waals surface area contributed by atoms with E-state index in [0.29, 0.717) is 6.54 Å². The van der Waals surface area contributed by atoms with E-state index in [-0.39, 0.29) is 6.04 Å². The first-order chi connectivity index (χ1) is 8.83. The minimum atomic E-state index is -0.688. The molecule has 1 aromatic rings. The van der Waals surface area contributed by atoms with Gasteiger partial charge >= 0.3 is 5.97 Å². The molecule has 0 saturated carbocycles. The summed E-state index contributed by atoms with van der Waals surface area (Å²) >= 11 is 0. The summed E-state index contributed by atoms with van der Waals surface area (Å²) in [6.45, 7) is 7.56. The van der Waals surface area contributed by atoms with Crippen LogP contribution in [0.5, 0.6) is 0 Å². The van der Waals surface area contributed by atoms with E-state index in [2.05, 4.69) is 16.9 Å². The van der Waals surface area contributed by atoms with Gasteiger partial charge in [0.25, 0.3) is 0 Å². The van der Waals surface area contributed by atoms with E-state index in [1.807, 2.05) is 31.8 Å². The first-order valence-corrected chi connectivity index (χ1v) is 6.81. The van der Waals surface area contributed by atoms with Gasteiger partial charge < -0.3 is 5.11 Å². The van der Waals surface area contributed by atoms with Crippen molar-refractivity contribution in [1.82, 2.24) is 14.7 Å². The number of nitrogens with zero attached hydrogens (tertiary/aromatic N) is 3. The lowest BCUT2D eigenvalue weighted by Gasteiger charge is -2.40. The van der Waals surface area contributed by atoms with Gasteiger partial charge in [-0.15, -0.1) is 0 Å². The molecule has 0 amide bonds. The number of aryl methyl sites for hydroxylation is 2. The third kappa shape index (κ3) is 2.66. The molecule has 1 saturated heterocycles. The van der Waals surface area contributed by atoms with Crippen molar-refractivity contribution >= 4 is 5.97 Å². The van der Waals surface area contributed by atoms with Crippen molar-refractivity contribution in [2.24, 2.45) is 12.5 Å². The molecule has 1 aromatic heterocycles. The molecule has 2 heterocycles. The van der Waals surface area contributed by atoms with Crippen LogP contribution in [0.1, 0.15) is 44.0 Å². The minimum absolute atomic E-state index is 0.215. The Hall–Kier alpha value is -1.36. The van der Waals surface area contributed by atoms with Gasteiger partial charge in [-0.05, 0) is 40.2 Å². The van der Waals surface area contributed by atoms with E-state index in [1.165, 1.54) is 5.56 Å². The molecule has 0 aromatic carbocycles. The number of carboxylic acid groups (broad SMARTS) is 1. The van der Waals surface area contributed by atoms with Crippen LogP contribution in [0.2, 0.25) is 0 Å². The lowest BCUT2D eigenvalue weighted by atomic mass is 9.81. The summed E-state index contributed by atoms with van der Waals surface area (Å²) in [4.78, 5) is 13.7. The molecule has 2 rings (SSSR count). The zero-order valence-corrected chi connectivity index (χ0v) is 12.2. The Morgan fingerprint density at radius 3 is 2.79 bits per heavy atom. The summed E-state index contributed by atoms with van der Waals surface area (Å²) in [7, 11) is 1.92. The molecule has 19 heavy (non-hydrogen) atoms. The van der Waals surface area contributed by atoms with E-state index in [4.69, 9.17) is 0 Å². The number of aliphatic carboxylic acids is 1. The summed E-state index contributed by atoms with van der Waals surface area (Å²) in [5.74, 6) is -0.688. The van der Waals surface area contributed by atoms with Crippen LogP contribution in [0.25, 0.3) is 0 Å². The number of rotatable bonds is 3. The molecular weight excluding hydrogens is 242 g/mol. The van der Waals surface area contributed by atoms with Crippen molar-refractivity contribution in [3.63, 3.8) is 0 Å². The van der Waals surface area contributed by atoms with E-state index in [0.717, 1.165) is 25.1 Å². The first kappa shape index (κ1) is 14.1. The second-order valence-electron chi connectivity index (χ2n) is 5.96. The number of hydrogen-bond donors (Lipinski definition) is 1. The fourth-order valence-electron chi connectivity index (χ4n) is 3.01. The van der Waals surface area contributed by atoms with Crippen LogP contribution >= 0.6 is 0 Å². The first-order valence-electron chi connectivity index (χ1n) is 6.81. The van der Waals surface area contributed by atoms with Crippen molar-refractivity contribution in [3.05, 3.63) is 17.5 Å². The summed E-state index contributed by atoms with van der Waals surface area (Å²) in [5, 5.41) is 13.8. The van der Waals surface area contributed by atoms with Crippen LogP contribution in [0, 0.1) is 12.3 Å². The van der Waals surface area contributed by atoms with Crippen LogP contribution in [0.15, 0.2) is 6.20 Å². The summed E-state index contributed by atoms with van der Waals surface area (Å²) in [5.41, 5.74) is 1.59. The number of likely N-dealkylation sites (tertiary alicyclic amines) is 1. The molecule has 0 spiro atoms. The third-order valence-corrected chi connectivity index (χ3v) is 4.29. The highest BCUT2D eigenvalue weighted by Gasteiger charge is 2.39. The van der Waals surface area contributed by atoms with Gasteiger partial charge in [0.15, 0.2) is 0 Å². The molecule has 106 valence electrons. The van der Waals surface area contributed by atoms with Gasteiger partial charge in [-0.25, -0.2) is 0 Å². The smallest absolute Gasteiger partial charge is 0.310 e. The van der Waals surface area contributed by atoms with Crippen molar-refractivity contribution in [1.29, 1.82) is 0 Å². The van der Waals surface area contributed by atoms with Crippen LogP contribution in [0.3, 0.4) is 0 Å². The largest absolute Gasteiger partial charge is 0.481 e. The molecule has 0 bridgehead atoms. The van der Waals surface area contributed by atoms with Gasteiger partial charge in [0.05, 0.1) is 11.1 Å². The van der Waals surface area contributed by atoms with Crippen LogP contribution in [0.4, 0.5) is 0 Å². The van der Waals surface area contributed by atoms with Crippen molar-refractivity contribution in [3.8, 4) is 0 Å². The van der Waals surface area contributed by atoms with Crippen LogP contribution in [-0.4, -0.2) is 38.8 Å². The molecule has 0 radical (unpaired) electrons. The monoisotopic (exact) mass is 265 g/mol. The number of aromatic nitrogens is 2. The Labute approximate surface area is 114 Å². The Kier molecular flexibility index (Phi) is 3.67. The topological polar surface area (TPSA) is 58.4 Å². The molecule has 1 aliphatic heterocycles. The SMILES string of the molecule is Cc1nn(C)cc1C(C)N1CCCC(C)(C(=O)O)C1. The molecular formula is C14H23N3O2. The normalized spacial score (nSPS) is 26.3. The van der Waals surface area contributed by atoms with E-state index >= 15 is 0 Å². The quantitative estimate of drug-likeness (QED) is 0.908. The average molecular weight is 265 g/mol. The van der Waals surface area contributed by atoms with E-state index < -0.39 is 11.4 Å². The van der Waals surface area contributed by atoms with Gasteiger partial charge in [0.2, 0.25) is 0 Å². The lowest BCUT2D eigenvalue weighted by molar-refractivity contribution is -0.151. The van der Waals surface area contributed by atoms with Gasteiger partial charge in [0, 0.05) is 31.4 Å². The average Bonchev–Trinajstić information content (AvgIpc) is 2.67. The number of hydrogen-bond acceptors (Lipinski definition) is 3. The second-order valence-corrected chi connectivity index (χ2v) is 5.96. The molecule has 1 aliphatic rings. The van der Waals surface area contributed by atoms with Gasteiger partial charge in [-0.1, -0.05) is 0 Å². The standard InChI is InChI=1S/C14H23N3O2/c1-10-12(8-16(4)15-10)11(2)17-7-5-6-14(3,9-17)13(18)19/h8,11H,5-7,9H2,1-4H3,(H,18,19). The van der Waals surface area contributed by atoms with Crippen LogP contribution < -0.4 is 0 Å².